The molecule has 0 unspecified atom stereocenters. The Morgan fingerprint density at radius 3 is 2.27 bits per heavy atom. The molecule has 2 aromatic rings. The van der Waals surface area contributed by atoms with Gasteiger partial charge in [-0.15, -0.1) is 0 Å². The molecule has 0 saturated heterocycles. The number of benzene rings is 2. The van der Waals surface area contributed by atoms with Crippen LogP contribution in [0.5, 0.6) is 0 Å². The van der Waals surface area contributed by atoms with Gasteiger partial charge in [0, 0.05) is 12.1 Å². The van der Waals surface area contributed by atoms with Crippen molar-refractivity contribution in [2.24, 2.45) is 0 Å². The average molecular weight is 305 g/mol. The topological polar surface area (TPSA) is 55.4 Å². The molecule has 0 bridgehead atoms. The summed E-state index contributed by atoms with van der Waals surface area (Å²) in [7, 11) is 0. The van der Waals surface area contributed by atoms with Crippen LogP contribution in [0, 0.1) is 11.6 Å². The molecule has 0 heterocycles. The van der Waals surface area contributed by atoms with Gasteiger partial charge in [0.2, 0.25) is 0 Å². The van der Waals surface area contributed by atoms with E-state index in [4.69, 9.17) is 4.74 Å². The zero-order valence-electron chi connectivity index (χ0n) is 11.5. The lowest BCUT2D eigenvalue weighted by Crippen LogP contribution is -2.28. The number of rotatable bonds is 5. The van der Waals surface area contributed by atoms with Crippen LogP contribution in [-0.2, 0) is 16.1 Å². The Morgan fingerprint density at radius 2 is 1.59 bits per heavy atom. The van der Waals surface area contributed by atoms with Crippen LogP contribution in [0.2, 0.25) is 0 Å². The van der Waals surface area contributed by atoms with Crippen LogP contribution in [0.4, 0.5) is 8.78 Å². The second-order valence-corrected chi connectivity index (χ2v) is 4.42. The van der Waals surface area contributed by atoms with Gasteiger partial charge in [0.15, 0.2) is 6.61 Å². The quantitative estimate of drug-likeness (QED) is 0.863. The van der Waals surface area contributed by atoms with Gasteiger partial charge in [-0.2, -0.15) is 0 Å². The minimum absolute atomic E-state index is 0.0250. The fourth-order valence-corrected chi connectivity index (χ4v) is 1.72. The summed E-state index contributed by atoms with van der Waals surface area (Å²) in [5.41, 5.74) is 0.0701. The molecule has 1 amide bonds. The zero-order chi connectivity index (χ0) is 15.9. The largest absolute Gasteiger partial charge is 0.452 e. The van der Waals surface area contributed by atoms with Crippen molar-refractivity contribution in [2.45, 2.75) is 6.54 Å². The maximum Gasteiger partial charge on any atom is 0.341 e. The Balaban J connectivity index is 1.82. The van der Waals surface area contributed by atoms with Crippen LogP contribution in [0.3, 0.4) is 0 Å². The van der Waals surface area contributed by atoms with E-state index in [0.717, 1.165) is 6.07 Å². The fraction of sp³-hybridized carbons (Fsp3) is 0.125. The Bertz CT molecular complexity index is 689. The molecule has 0 spiro atoms. The van der Waals surface area contributed by atoms with Gasteiger partial charge in [-0.1, -0.05) is 30.3 Å². The molecule has 0 saturated carbocycles. The number of esters is 1. The van der Waals surface area contributed by atoms with Crippen LogP contribution in [0.15, 0.2) is 48.5 Å². The first-order valence-electron chi connectivity index (χ1n) is 6.49. The fourth-order valence-electron chi connectivity index (χ4n) is 1.72. The predicted octanol–water partition coefficient (Wildman–Crippen LogP) is 2.44. The maximum absolute atomic E-state index is 13.3. The second-order valence-electron chi connectivity index (χ2n) is 4.42. The molecule has 22 heavy (non-hydrogen) atoms. The lowest BCUT2D eigenvalue weighted by atomic mass is 10.2. The van der Waals surface area contributed by atoms with Crippen molar-refractivity contribution in [1.82, 2.24) is 5.32 Å². The molecule has 0 fully saturated rings. The molecule has 4 nitrogen and oxygen atoms in total. The van der Waals surface area contributed by atoms with Gasteiger partial charge >= 0.3 is 5.97 Å². The molecule has 2 rings (SSSR count). The van der Waals surface area contributed by atoms with E-state index in [2.05, 4.69) is 5.32 Å². The highest BCUT2D eigenvalue weighted by Gasteiger charge is 2.14. The lowest BCUT2D eigenvalue weighted by Gasteiger charge is -2.07. The summed E-state index contributed by atoms with van der Waals surface area (Å²) >= 11 is 0. The number of nitrogens with one attached hydrogen (secondary N) is 1. The van der Waals surface area contributed by atoms with Crippen molar-refractivity contribution in [1.29, 1.82) is 0 Å². The number of carbonyl (C=O) groups excluding carboxylic acids is 2. The molecule has 0 radical (unpaired) electrons. The van der Waals surface area contributed by atoms with E-state index in [1.165, 1.54) is 36.4 Å². The van der Waals surface area contributed by atoms with Crippen LogP contribution in [0.25, 0.3) is 0 Å². The Morgan fingerprint density at radius 1 is 0.955 bits per heavy atom. The van der Waals surface area contributed by atoms with Gasteiger partial charge in [-0.3, -0.25) is 4.79 Å². The van der Waals surface area contributed by atoms with Gasteiger partial charge < -0.3 is 10.1 Å². The van der Waals surface area contributed by atoms with E-state index in [0.29, 0.717) is 5.56 Å². The Labute approximate surface area is 125 Å². The van der Waals surface area contributed by atoms with Gasteiger partial charge in [0.1, 0.15) is 11.6 Å². The normalized spacial score (nSPS) is 10.1. The van der Waals surface area contributed by atoms with E-state index in [1.54, 1.807) is 6.07 Å². The minimum atomic E-state index is -0.931. The lowest BCUT2D eigenvalue weighted by molar-refractivity contribution is -0.124. The van der Waals surface area contributed by atoms with Crippen molar-refractivity contribution >= 4 is 11.9 Å². The first-order chi connectivity index (χ1) is 10.6. The Kier molecular flexibility index (Phi) is 5.19. The Hall–Kier alpha value is -2.76. The third kappa shape index (κ3) is 4.12. The van der Waals surface area contributed by atoms with Gasteiger partial charge in [0.25, 0.3) is 5.91 Å². The number of hydrogen-bond donors (Lipinski definition) is 1. The van der Waals surface area contributed by atoms with Crippen LogP contribution in [-0.4, -0.2) is 18.5 Å². The first-order valence-corrected chi connectivity index (χ1v) is 6.49. The highest BCUT2D eigenvalue weighted by atomic mass is 19.1. The van der Waals surface area contributed by atoms with Crippen molar-refractivity contribution in [2.75, 3.05) is 6.61 Å². The number of amides is 1. The van der Waals surface area contributed by atoms with E-state index >= 15 is 0 Å². The van der Waals surface area contributed by atoms with E-state index in [1.807, 2.05) is 0 Å². The van der Waals surface area contributed by atoms with Crippen LogP contribution in [0.1, 0.15) is 15.9 Å². The number of ether oxygens (including phenoxy) is 1. The third-order valence-electron chi connectivity index (χ3n) is 2.86. The number of halogens is 2. The molecule has 1 N–H and O–H groups in total. The van der Waals surface area contributed by atoms with E-state index in [9.17, 15) is 18.4 Å². The number of hydrogen-bond acceptors (Lipinski definition) is 3. The molecule has 0 aliphatic carbocycles. The van der Waals surface area contributed by atoms with Crippen molar-refractivity contribution in [3.63, 3.8) is 0 Å². The van der Waals surface area contributed by atoms with E-state index in [-0.39, 0.29) is 12.1 Å². The van der Waals surface area contributed by atoms with E-state index < -0.39 is 30.1 Å². The summed E-state index contributed by atoms with van der Waals surface area (Å²) in [5, 5.41) is 2.41. The van der Waals surface area contributed by atoms with Crippen LogP contribution >= 0.6 is 0 Å². The molecule has 114 valence electrons. The molecule has 0 atom stereocenters. The summed E-state index contributed by atoms with van der Waals surface area (Å²) in [5.74, 6) is -2.70. The smallest absolute Gasteiger partial charge is 0.341 e. The first kappa shape index (κ1) is 15.6. The van der Waals surface area contributed by atoms with Gasteiger partial charge in [-0.05, 0) is 18.2 Å². The molecule has 0 aliphatic heterocycles. The highest BCUT2D eigenvalue weighted by Crippen LogP contribution is 2.08. The summed E-state index contributed by atoms with van der Waals surface area (Å²) in [6, 6.07) is 11.3. The predicted molar refractivity (Wildman–Crippen MR) is 74.9 cm³/mol. The summed E-state index contributed by atoms with van der Waals surface area (Å²) in [4.78, 5) is 23.1. The SMILES string of the molecule is O=C(COC(=O)c1ccccc1F)NCc1ccccc1F. The zero-order valence-corrected chi connectivity index (χ0v) is 11.5. The molecule has 6 heteroatoms. The van der Waals surface area contributed by atoms with Crippen LogP contribution < -0.4 is 5.32 Å². The van der Waals surface area contributed by atoms with Crippen molar-refractivity contribution < 1.29 is 23.1 Å². The summed E-state index contributed by atoms with van der Waals surface area (Å²) in [6.07, 6.45) is 0. The highest BCUT2D eigenvalue weighted by molar-refractivity contribution is 5.91. The van der Waals surface area contributed by atoms with Gasteiger partial charge in [-0.25, -0.2) is 13.6 Å². The van der Waals surface area contributed by atoms with Gasteiger partial charge in [0.05, 0.1) is 5.56 Å². The molecular formula is C16H13F2NO3. The molecule has 0 aromatic heterocycles. The summed E-state index contributed by atoms with van der Waals surface area (Å²) < 4.78 is 31.4. The summed E-state index contributed by atoms with van der Waals surface area (Å²) in [6.45, 7) is -0.593. The molecule has 0 aliphatic rings. The molecule has 2 aromatic carbocycles. The standard InChI is InChI=1S/C16H13F2NO3/c17-13-7-3-1-5-11(13)9-19-15(20)10-22-16(21)12-6-2-4-8-14(12)18/h1-8H,9-10H2,(H,19,20). The monoisotopic (exact) mass is 305 g/mol. The minimum Gasteiger partial charge on any atom is -0.452 e. The number of carbonyl (C=O) groups is 2. The average Bonchev–Trinajstić information content (AvgIpc) is 2.52. The van der Waals surface area contributed by atoms with Crippen molar-refractivity contribution in [3.8, 4) is 0 Å². The maximum atomic E-state index is 13.3. The second kappa shape index (κ2) is 7.31. The third-order valence-corrected chi connectivity index (χ3v) is 2.86. The molecular weight excluding hydrogens is 292 g/mol. The van der Waals surface area contributed by atoms with Crippen molar-refractivity contribution in [3.05, 3.63) is 71.3 Å².